The number of hydrogen-bond donors (Lipinski definition) is 1. The van der Waals surface area contributed by atoms with E-state index in [4.69, 9.17) is 9.15 Å². The molecule has 0 aliphatic carbocycles. The van der Waals surface area contributed by atoms with E-state index in [2.05, 4.69) is 0 Å². The fourth-order valence-corrected chi connectivity index (χ4v) is 4.27. The number of fused-ring (bicyclic) bond motifs is 2. The summed E-state index contributed by atoms with van der Waals surface area (Å²) >= 11 is 0. The molecule has 160 valence electrons. The highest BCUT2D eigenvalue weighted by Crippen LogP contribution is 2.40. The molecule has 6 nitrogen and oxygen atoms in total. The Morgan fingerprint density at radius 1 is 1.03 bits per heavy atom. The second-order valence-electron chi connectivity index (χ2n) is 7.95. The van der Waals surface area contributed by atoms with Crippen molar-refractivity contribution in [1.29, 1.82) is 0 Å². The molecule has 1 aromatic heterocycles. The second-order valence-corrected chi connectivity index (χ2v) is 7.95. The number of benzene rings is 3. The van der Waals surface area contributed by atoms with Gasteiger partial charge in [-0.3, -0.25) is 9.59 Å². The molecule has 0 saturated carbocycles. The Morgan fingerprint density at radius 3 is 2.53 bits per heavy atom. The molecule has 1 N–H and O–H groups in total. The number of phenols is 1. The third-order valence-corrected chi connectivity index (χ3v) is 5.82. The Bertz CT molecular complexity index is 1400. The van der Waals surface area contributed by atoms with Crippen molar-refractivity contribution in [1.82, 2.24) is 4.90 Å². The van der Waals surface area contributed by atoms with Crippen molar-refractivity contribution in [3.05, 3.63) is 105 Å². The maximum Gasteiger partial charge on any atom is 0.291 e. The summed E-state index contributed by atoms with van der Waals surface area (Å²) in [6.45, 7) is 2.17. The highest BCUT2D eigenvalue weighted by Gasteiger charge is 2.42. The molecule has 6 heteroatoms. The Hall–Kier alpha value is -4.06. The number of aromatic hydroxyl groups is 1. The van der Waals surface area contributed by atoms with E-state index in [1.54, 1.807) is 48.4 Å². The van der Waals surface area contributed by atoms with Crippen molar-refractivity contribution >= 4 is 16.9 Å². The number of aryl methyl sites for hydroxylation is 1. The van der Waals surface area contributed by atoms with Gasteiger partial charge in [-0.15, -0.1) is 0 Å². The minimum atomic E-state index is -0.673. The molecule has 1 unspecified atom stereocenters. The van der Waals surface area contributed by atoms with Gasteiger partial charge in [0.25, 0.3) is 5.91 Å². The first-order valence-electron chi connectivity index (χ1n) is 10.3. The minimum absolute atomic E-state index is 0.0493. The zero-order valence-corrected chi connectivity index (χ0v) is 17.7. The van der Waals surface area contributed by atoms with Crippen molar-refractivity contribution in [3.8, 4) is 11.5 Å². The lowest BCUT2D eigenvalue weighted by Gasteiger charge is -2.25. The van der Waals surface area contributed by atoms with E-state index in [1.807, 2.05) is 37.3 Å². The molecule has 1 atom stereocenters. The molecule has 32 heavy (non-hydrogen) atoms. The summed E-state index contributed by atoms with van der Waals surface area (Å²) < 4.78 is 11.2. The van der Waals surface area contributed by atoms with Gasteiger partial charge < -0.3 is 19.2 Å². The molecule has 0 spiro atoms. The number of carbonyl (C=O) groups is 1. The van der Waals surface area contributed by atoms with E-state index in [-0.39, 0.29) is 29.4 Å². The van der Waals surface area contributed by atoms with Gasteiger partial charge in [-0.25, -0.2) is 0 Å². The van der Waals surface area contributed by atoms with Crippen LogP contribution in [0.5, 0.6) is 11.5 Å². The average molecular weight is 427 g/mol. The first-order valence-corrected chi connectivity index (χ1v) is 10.3. The predicted octanol–water partition coefficient (Wildman–Crippen LogP) is 4.56. The molecule has 0 radical (unpaired) electrons. The lowest BCUT2D eigenvalue weighted by molar-refractivity contribution is 0.0714. The molecule has 0 fully saturated rings. The number of rotatable bonds is 4. The van der Waals surface area contributed by atoms with Crippen LogP contribution < -0.4 is 10.2 Å². The third kappa shape index (κ3) is 3.21. The van der Waals surface area contributed by atoms with Gasteiger partial charge in [-0.05, 0) is 54.4 Å². The van der Waals surface area contributed by atoms with Crippen LogP contribution in [0.25, 0.3) is 11.0 Å². The van der Waals surface area contributed by atoms with Crippen molar-refractivity contribution < 1.29 is 19.1 Å². The van der Waals surface area contributed by atoms with Gasteiger partial charge in [0.1, 0.15) is 17.1 Å². The van der Waals surface area contributed by atoms with Gasteiger partial charge >= 0.3 is 0 Å². The molecule has 5 rings (SSSR count). The molecule has 0 saturated heterocycles. The van der Waals surface area contributed by atoms with Crippen LogP contribution in [-0.4, -0.2) is 23.0 Å². The number of ether oxygens (including phenoxy) is 1. The van der Waals surface area contributed by atoms with Gasteiger partial charge in [0.05, 0.1) is 24.1 Å². The van der Waals surface area contributed by atoms with E-state index >= 15 is 0 Å². The number of hydrogen-bond acceptors (Lipinski definition) is 5. The van der Waals surface area contributed by atoms with Crippen molar-refractivity contribution in [2.24, 2.45) is 0 Å². The summed E-state index contributed by atoms with van der Waals surface area (Å²) in [6.07, 6.45) is 0. The normalized spacial score (nSPS) is 15.2. The Labute approximate surface area is 184 Å². The van der Waals surface area contributed by atoms with Gasteiger partial charge in [0.15, 0.2) is 5.43 Å². The van der Waals surface area contributed by atoms with Crippen LogP contribution in [0.2, 0.25) is 0 Å². The maximum atomic E-state index is 13.6. The molecule has 1 amide bonds. The van der Waals surface area contributed by atoms with Crippen LogP contribution in [0.1, 0.15) is 38.9 Å². The van der Waals surface area contributed by atoms with Crippen LogP contribution in [0.4, 0.5) is 0 Å². The molecular formula is C26H21NO5. The quantitative estimate of drug-likeness (QED) is 0.516. The predicted molar refractivity (Wildman–Crippen MR) is 120 cm³/mol. The summed E-state index contributed by atoms with van der Waals surface area (Å²) in [4.78, 5) is 28.6. The SMILES string of the molecule is COc1ccc(CN2C(=O)c3oc4ccc(C)cc4c(=O)c3C2c2cccc(O)c2)cc1. The largest absolute Gasteiger partial charge is 0.508 e. The van der Waals surface area contributed by atoms with Gasteiger partial charge in [-0.2, -0.15) is 0 Å². The van der Waals surface area contributed by atoms with Crippen LogP contribution in [0.3, 0.4) is 0 Å². The fourth-order valence-electron chi connectivity index (χ4n) is 4.27. The number of nitrogens with zero attached hydrogens (tertiary/aromatic N) is 1. The zero-order chi connectivity index (χ0) is 22.4. The first kappa shape index (κ1) is 19.9. The molecule has 3 aromatic carbocycles. The first-order chi connectivity index (χ1) is 15.5. The van der Waals surface area contributed by atoms with Crippen LogP contribution >= 0.6 is 0 Å². The smallest absolute Gasteiger partial charge is 0.291 e. The Morgan fingerprint density at radius 2 is 1.81 bits per heavy atom. The molecule has 1 aliphatic rings. The van der Waals surface area contributed by atoms with E-state index in [0.717, 1.165) is 11.1 Å². The standard InChI is InChI=1S/C26H21NO5/c1-15-6-11-21-20(12-15)24(29)22-23(17-4-3-5-18(28)13-17)27(26(30)25(22)32-21)14-16-7-9-19(31-2)10-8-16/h3-13,23,28H,14H2,1-2H3. The molecule has 4 aromatic rings. The number of carbonyl (C=O) groups excluding carboxylic acids is 1. The zero-order valence-electron chi connectivity index (χ0n) is 17.7. The minimum Gasteiger partial charge on any atom is -0.508 e. The highest BCUT2D eigenvalue weighted by molar-refractivity contribution is 5.99. The van der Waals surface area contributed by atoms with Crippen molar-refractivity contribution in [2.45, 2.75) is 19.5 Å². The summed E-state index contributed by atoms with van der Waals surface area (Å²) in [6, 6.07) is 18.7. The highest BCUT2D eigenvalue weighted by atomic mass is 16.5. The monoisotopic (exact) mass is 427 g/mol. The third-order valence-electron chi connectivity index (χ3n) is 5.82. The molecule has 1 aliphatic heterocycles. The molecule has 2 heterocycles. The summed E-state index contributed by atoms with van der Waals surface area (Å²) in [5, 5.41) is 10.5. The Kier molecular flexibility index (Phi) is 4.70. The number of phenolic OH excluding ortho intramolecular Hbond substituents is 1. The fraction of sp³-hybridized carbons (Fsp3) is 0.154. The summed E-state index contributed by atoms with van der Waals surface area (Å²) in [7, 11) is 1.59. The van der Waals surface area contributed by atoms with E-state index in [9.17, 15) is 14.7 Å². The van der Waals surface area contributed by atoms with Crippen LogP contribution in [-0.2, 0) is 6.54 Å². The van der Waals surface area contributed by atoms with E-state index in [0.29, 0.717) is 27.8 Å². The summed E-state index contributed by atoms with van der Waals surface area (Å²) in [5.74, 6) is 0.471. The van der Waals surface area contributed by atoms with Crippen molar-refractivity contribution in [2.75, 3.05) is 7.11 Å². The second kappa shape index (κ2) is 7.57. The van der Waals surface area contributed by atoms with Crippen molar-refractivity contribution in [3.63, 3.8) is 0 Å². The topological polar surface area (TPSA) is 80.0 Å². The lowest BCUT2D eigenvalue weighted by atomic mass is 9.97. The van der Waals surface area contributed by atoms with Crippen LogP contribution in [0, 0.1) is 6.92 Å². The van der Waals surface area contributed by atoms with E-state index in [1.165, 1.54) is 0 Å². The average Bonchev–Trinajstić information content (AvgIpc) is 3.07. The van der Waals surface area contributed by atoms with E-state index < -0.39 is 6.04 Å². The maximum absolute atomic E-state index is 13.6. The van der Waals surface area contributed by atoms with Gasteiger partial charge in [0.2, 0.25) is 5.76 Å². The summed E-state index contributed by atoms with van der Waals surface area (Å²) in [5.41, 5.74) is 2.90. The number of methoxy groups -OCH3 is 1. The molecular weight excluding hydrogens is 406 g/mol. The van der Waals surface area contributed by atoms with Gasteiger partial charge in [-0.1, -0.05) is 35.9 Å². The lowest BCUT2D eigenvalue weighted by Crippen LogP contribution is -2.29. The number of amides is 1. The molecule has 0 bridgehead atoms. The van der Waals surface area contributed by atoms with Gasteiger partial charge in [0, 0.05) is 6.54 Å². The van der Waals surface area contributed by atoms with Crippen LogP contribution in [0.15, 0.2) is 75.9 Å². The Balaban J connectivity index is 1.70.